The Labute approximate surface area is 246 Å². The number of unbranched alkanes of at least 4 members (excludes halogenated alkanes) is 1. The second kappa shape index (κ2) is 14.5. The molecule has 3 aromatic rings. The number of anilines is 1. The number of nitrogens with one attached hydrogen (secondary N) is 1. The second-order valence-corrected chi connectivity index (χ2v) is 12.8. The van der Waals surface area contributed by atoms with Gasteiger partial charge in [-0.15, -0.1) is 0 Å². The van der Waals surface area contributed by atoms with Gasteiger partial charge in [0.15, 0.2) is 0 Å². The Hall–Kier alpha value is -3.17. The zero-order chi connectivity index (χ0) is 29.3. The van der Waals surface area contributed by atoms with E-state index in [-0.39, 0.29) is 12.5 Å². The van der Waals surface area contributed by atoms with E-state index >= 15 is 0 Å². The molecule has 3 aromatic carbocycles. The number of aryl methyl sites for hydroxylation is 2. The van der Waals surface area contributed by atoms with Gasteiger partial charge in [-0.3, -0.25) is 13.9 Å². The maximum atomic E-state index is 14.2. The number of halogens is 1. The van der Waals surface area contributed by atoms with Crippen LogP contribution in [-0.4, -0.2) is 50.5 Å². The number of nitrogens with zero attached hydrogens (tertiary/aromatic N) is 2. The van der Waals surface area contributed by atoms with Gasteiger partial charge in [0.05, 0.1) is 11.9 Å². The van der Waals surface area contributed by atoms with E-state index < -0.39 is 28.5 Å². The molecule has 0 aromatic heterocycles. The van der Waals surface area contributed by atoms with Crippen molar-refractivity contribution in [2.24, 2.45) is 0 Å². The van der Waals surface area contributed by atoms with Gasteiger partial charge < -0.3 is 10.2 Å². The fraction of sp³-hybridized carbons (Fsp3) is 0.355. The van der Waals surface area contributed by atoms with Crippen molar-refractivity contribution in [2.45, 2.75) is 52.6 Å². The number of amides is 2. The third kappa shape index (κ3) is 8.66. The van der Waals surface area contributed by atoms with Crippen LogP contribution in [0, 0.1) is 13.8 Å². The first-order chi connectivity index (χ1) is 19.0. The Kier molecular flexibility index (Phi) is 11.3. The molecule has 0 spiro atoms. The Balaban J connectivity index is 2.07. The average molecular weight is 629 g/mol. The summed E-state index contributed by atoms with van der Waals surface area (Å²) >= 11 is 3.49. The number of hydrogen-bond donors (Lipinski definition) is 1. The molecule has 0 saturated heterocycles. The van der Waals surface area contributed by atoms with Crippen molar-refractivity contribution < 1.29 is 18.0 Å². The molecule has 0 aliphatic rings. The van der Waals surface area contributed by atoms with E-state index in [4.69, 9.17) is 0 Å². The van der Waals surface area contributed by atoms with Gasteiger partial charge in [0.1, 0.15) is 12.6 Å². The van der Waals surface area contributed by atoms with E-state index in [9.17, 15) is 18.0 Å². The first-order valence-electron chi connectivity index (χ1n) is 13.4. The lowest BCUT2D eigenvalue weighted by molar-refractivity contribution is -0.140. The highest BCUT2D eigenvalue weighted by Gasteiger charge is 2.33. The predicted molar refractivity (Wildman–Crippen MR) is 165 cm³/mol. The monoisotopic (exact) mass is 627 g/mol. The lowest BCUT2D eigenvalue weighted by Crippen LogP contribution is -2.53. The Morgan fingerprint density at radius 3 is 2.15 bits per heavy atom. The summed E-state index contributed by atoms with van der Waals surface area (Å²) in [5.74, 6) is -0.724. The lowest BCUT2D eigenvalue weighted by Gasteiger charge is -2.34. The smallest absolute Gasteiger partial charge is 0.244 e. The Morgan fingerprint density at radius 2 is 1.55 bits per heavy atom. The number of carbonyl (C=O) groups excluding carboxylic acids is 2. The zero-order valence-electron chi connectivity index (χ0n) is 23.6. The zero-order valence-corrected chi connectivity index (χ0v) is 26.0. The van der Waals surface area contributed by atoms with Crippen molar-refractivity contribution in [1.29, 1.82) is 0 Å². The van der Waals surface area contributed by atoms with E-state index in [0.717, 1.165) is 50.1 Å². The lowest BCUT2D eigenvalue weighted by atomic mass is 10.0. The third-order valence-corrected chi connectivity index (χ3v) is 8.32. The van der Waals surface area contributed by atoms with Crippen LogP contribution >= 0.6 is 15.9 Å². The molecule has 9 heteroatoms. The quantitative estimate of drug-likeness (QED) is 0.258. The number of para-hydroxylation sites is 1. The van der Waals surface area contributed by atoms with Gasteiger partial charge in [-0.1, -0.05) is 89.9 Å². The van der Waals surface area contributed by atoms with Crippen molar-refractivity contribution >= 4 is 43.5 Å². The summed E-state index contributed by atoms with van der Waals surface area (Å²) in [5, 5.41) is 3.00. The number of carbonyl (C=O) groups is 2. The largest absolute Gasteiger partial charge is 0.354 e. The average Bonchev–Trinajstić information content (AvgIpc) is 2.90. The standard InChI is InChI=1S/C31H38BrN3O4S/c1-5-6-18-33-31(37)28(20-25-14-8-7-9-15-25)34(21-26-16-11-17-27(32)19-26)29(36)22-35(40(4,38)39)30-23(2)12-10-13-24(30)3/h7-17,19,28H,5-6,18,20-22H2,1-4H3,(H,33,37)/t28-/m1/s1. The molecule has 2 amide bonds. The van der Waals surface area contributed by atoms with Gasteiger partial charge in [0, 0.05) is 24.0 Å². The molecule has 0 aliphatic heterocycles. The van der Waals surface area contributed by atoms with Crippen molar-refractivity contribution in [3.63, 3.8) is 0 Å². The molecular formula is C31H38BrN3O4S. The van der Waals surface area contributed by atoms with Gasteiger partial charge in [-0.05, 0) is 54.7 Å². The highest BCUT2D eigenvalue weighted by atomic mass is 79.9. The van der Waals surface area contributed by atoms with Gasteiger partial charge >= 0.3 is 0 Å². The van der Waals surface area contributed by atoms with E-state index in [0.29, 0.717) is 18.7 Å². The number of rotatable bonds is 13. The van der Waals surface area contributed by atoms with Crippen molar-refractivity contribution in [3.05, 3.63) is 99.5 Å². The highest BCUT2D eigenvalue weighted by molar-refractivity contribution is 9.10. The summed E-state index contributed by atoms with van der Waals surface area (Å²) in [6, 6.07) is 21.7. The van der Waals surface area contributed by atoms with E-state index in [1.807, 2.05) is 93.6 Å². The molecule has 3 rings (SSSR count). The number of benzene rings is 3. The first-order valence-corrected chi connectivity index (χ1v) is 16.0. The molecule has 0 radical (unpaired) electrons. The molecule has 7 nitrogen and oxygen atoms in total. The maximum absolute atomic E-state index is 14.2. The van der Waals surface area contributed by atoms with Crippen LogP contribution in [0.15, 0.2) is 77.3 Å². The van der Waals surface area contributed by atoms with Gasteiger partial charge in [0.2, 0.25) is 21.8 Å². The van der Waals surface area contributed by atoms with Crippen molar-refractivity contribution in [3.8, 4) is 0 Å². The summed E-state index contributed by atoms with van der Waals surface area (Å²) in [7, 11) is -3.82. The highest BCUT2D eigenvalue weighted by Crippen LogP contribution is 2.27. The van der Waals surface area contributed by atoms with Crippen LogP contribution in [0.25, 0.3) is 0 Å². The molecule has 1 N–H and O–H groups in total. The first kappa shape index (κ1) is 31.4. The van der Waals surface area contributed by atoms with E-state index in [1.54, 1.807) is 0 Å². The summed E-state index contributed by atoms with van der Waals surface area (Å²) in [4.78, 5) is 29.3. The molecule has 0 fully saturated rings. The maximum Gasteiger partial charge on any atom is 0.244 e. The van der Waals surface area contributed by atoms with Crippen molar-refractivity contribution in [2.75, 3.05) is 23.7 Å². The Morgan fingerprint density at radius 1 is 0.925 bits per heavy atom. The van der Waals surface area contributed by atoms with Gasteiger partial charge in [-0.25, -0.2) is 8.42 Å². The van der Waals surface area contributed by atoms with Crippen LogP contribution in [0.1, 0.15) is 42.0 Å². The molecular weight excluding hydrogens is 590 g/mol. The summed E-state index contributed by atoms with van der Waals surface area (Å²) in [6.45, 7) is 5.90. The summed E-state index contributed by atoms with van der Waals surface area (Å²) < 4.78 is 28.1. The molecule has 0 saturated carbocycles. The normalized spacial score (nSPS) is 12.0. The second-order valence-electron chi connectivity index (χ2n) is 10.0. The molecule has 0 heterocycles. The van der Waals surface area contributed by atoms with Crippen LogP contribution in [0.3, 0.4) is 0 Å². The van der Waals surface area contributed by atoms with E-state index in [2.05, 4.69) is 21.2 Å². The Bertz CT molecular complexity index is 1390. The van der Waals surface area contributed by atoms with Crippen LogP contribution in [-0.2, 0) is 32.6 Å². The molecule has 214 valence electrons. The minimum absolute atomic E-state index is 0.140. The SMILES string of the molecule is CCCCNC(=O)[C@@H](Cc1ccccc1)N(Cc1cccc(Br)c1)C(=O)CN(c1c(C)cccc1C)S(C)(=O)=O. The molecule has 0 bridgehead atoms. The molecule has 40 heavy (non-hydrogen) atoms. The van der Waals surface area contributed by atoms with Crippen LogP contribution in [0.2, 0.25) is 0 Å². The van der Waals surface area contributed by atoms with Crippen LogP contribution in [0.5, 0.6) is 0 Å². The molecule has 0 aliphatic carbocycles. The summed E-state index contributed by atoms with van der Waals surface area (Å²) in [5.41, 5.74) is 3.69. The number of sulfonamides is 1. The minimum Gasteiger partial charge on any atom is -0.354 e. The minimum atomic E-state index is -3.82. The van der Waals surface area contributed by atoms with Crippen molar-refractivity contribution in [1.82, 2.24) is 10.2 Å². The molecule has 0 unspecified atom stereocenters. The van der Waals surface area contributed by atoms with Gasteiger partial charge in [0.25, 0.3) is 0 Å². The predicted octanol–water partition coefficient (Wildman–Crippen LogP) is 5.39. The molecule has 1 atom stereocenters. The van der Waals surface area contributed by atoms with Crippen LogP contribution in [0.4, 0.5) is 5.69 Å². The fourth-order valence-electron chi connectivity index (χ4n) is 4.67. The van der Waals surface area contributed by atoms with E-state index in [1.165, 1.54) is 4.90 Å². The third-order valence-electron chi connectivity index (χ3n) is 6.71. The number of hydrogen-bond acceptors (Lipinski definition) is 4. The topological polar surface area (TPSA) is 86.8 Å². The summed E-state index contributed by atoms with van der Waals surface area (Å²) in [6.07, 6.45) is 3.13. The van der Waals surface area contributed by atoms with Gasteiger partial charge in [-0.2, -0.15) is 0 Å². The van der Waals surface area contributed by atoms with Crippen LogP contribution < -0.4 is 9.62 Å². The fourth-order valence-corrected chi connectivity index (χ4v) is 6.08.